The Labute approximate surface area is 71.8 Å². The molecule has 3 nitrogen and oxygen atoms in total. The molecule has 0 saturated heterocycles. The number of hydrogen-bond acceptors (Lipinski definition) is 2. The van der Waals surface area contributed by atoms with E-state index >= 15 is 0 Å². The van der Waals surface area contributed by atoms with Gasteiger partial charge in [-0.05, 0) is 12.8 Å². The van der Waals surface area contributed by atoms with Gasteiger partial charge in [0.15, 0.2) is 0 Å². The van der Waals surface area contributed by atoms with Crippen LogP contribution in [0.25, 0.3) is 0 Å². The highest BCUT2D eigenvalue weighted by atomic mass is 16.3. The molecule has 1 rings (SSSR count). The van der Waals surface area contributed by atoms with Crippen LogP contribution in [0.3, 0.4) is 0 Å². The Morgan fingerprint density at radius 2 is 2.42 bits per heavy atom. The summed E-state index contributed by atoms with van der Waals surface area (Å²) in [6, 6.07) is -0.188. The van der Waals surface area contributed by atoms with Crippen molar-refractivity contribution in [2.45, 2.75) is 25.8 Å². The molecule has 0 aromatic heterocycles. The summed E-state index contributed by atoms with van der Waals surface area (Å²) >= 11 is 0. The van der Waals surface area contributed by atoms with Crippen molar-refractivity contribution < 1.29 is 9.90 Å². The van der Waals surface area contributed by atoms with Gasteiger partial charge in [-0.2, -0.15) is 0 Å². The van der Waals surface area contributed by atoms with Gasteiger partial charge in [0.1, 0.15) is 5.76 Å². The fourth-order valence-corrected chi connectivity index (χ4v) is 1.28. The van der Waals surface area contributed by atoms with E-state index in [2.05, 4.69) is 11.9 Å². The van der Waals surface area contributed by atoms with Crippen molar-refractivity contribution in [3.05, 3.63) is 24.0 Å². The third kappa shape index (κ3) is 1.35. The molecule has 0 radical (unpaired) electrons. The number of carbonyl (C=O) groups excluding carboxylic acids is 1. The van der Waals surface area contributed by atoms with Crippen LogP contribution in [0.15, 0.2) is 24.0 Å². The first-order valence-electron chi connectivity index (χ1n) is 4.04. The summed E-state index contributed by atoms with van der Waals surface area (Å²) in [6.45, 7) is 5.43. The predicted octanol–water partition coefficient (Wildman–Crippen LogP) is 1.28. The minimum absolute atomic E-state index is 0.167. The van der Waals surface area contributed by atoms with Crippen molar-refractivity contribution in [3.63, 3.8) is 0 Å². The van der Waals surface area contributed by atoms with Gasteiger partial charge in [-0.1, -0.05) is 13.0 Å². The molecule has 1 unspecified atom stereocenters. The maximum Gasteiger partial charge on any atom is 0.251 e. The monoisotopic (exact) mass is 167 g/mol. The number of aliphatic hydroxyl groups excluding tert-OH is 1. The van der Waals surface area contributed by atoms with Crippen LogP contribution in [0, 0.1) is 0 Å². The second-order valence-electron chi connectivity index (χ2n) is 2.79. The topological polar surface area (TPSA) is 49.3 Å². The molecule has 1 atom stereocenters. The fraction of sp³-hybridized carbons (Fsp3) is 0.444. The van der Waals surface area contributed by atoms with Crippen LogP contribution >= 0.6 is 0 Å². The Kier molecular flexibility index (Phi) is 2.53. The maximum atomic E-state index is 11.2. The number of nitrogens with one attached hydrogen (secondary N) is 1. The summed E-state index contributed by atoms with van der Waals surface area (Å²) in [7, 11) is 0. The van der Waals surface area contributed by atoms with E-state index in [4.69, 9.17) is 0 Å². The third-order valence-corrected chi connectivity index (χ3v) is 1.98. The van der Waals surface area contributed by atoms with Gasteiger partial charge in [0.25, 0.3) is 5.91 Å². The van der Waals surface area contributed by atoms with Gasteiger partial charge in [0.05, 0.1) is 11.6 Å². The lowest BCUT2D eigenvalue weighted by molar-refractivity contribution is -0.117. The molecular weight excluding hydrogens is 154 g/mol. The number of rotatable bonds is 3. The lowest BCUT2D eigenvalue weighted by Crippen LogP contribution is -2.27. The average Bonchev–Trinajstić information content (AvgIpc) is 2.32. The minimum Gasteiger partial charge on any atom is -0.510 e. The largest absolute Gasteiger partial charge is 0.510 e. The summed E-state index contributed by atoms with van der Waals surface area (Å²) < 4.78 is 0. The normalized spacial score (nSPS) is 22.8. The zero-order valence-electron chi connectivity index (χ0n) is 7.13. The molecule has 0 fully saturated rings. The Morgan fingerprint density at radius 3 is 2.83 bits per heavy atom. The van der Waals surface area contributed by atoms with Crippen LogP contribution in [-0.4, -0.2) is 17.1 Å². The standard InChI is InChI=1S/C9H13NO2/c1-3-5-6-8(11)7(4-2)10-9(6)12/h3,7,11H,1,4-5H2,2H3,(H,10,12). The van der Waals surface area contributed by atoms with Gasteiger partial charge < -0.3 is 10.4 Å². The number of aliphatic hydroxyl groups is 1. The molecule has 1 heterocycles. The molecule has 0 aromatic carbocycles. The summed E-state index contributed by atoms with van der Waals surface area (Å²) in [5, 5.41) is 12.2. The van der Waals surface area contributed by atoms with E-state index in [1.54, 1.807) is 6.08 Å². The molecule has 0 aliphatic carbocycles. The highest BCUT2D eigenvalue weighted by Crippen LogP contribution is 2.19. The van der Waals surface area contributed by atoms with Crippen molar-refractivity contribution in [1.82, 2.24) is 5.32 Å². The summed E-state index contributed by atoms with van der Waals surface area (Å²) in [5.41, 5.74) is 0.455. The van der Waals surface area contributed by atoms with Gasteiger partial charge in [-0.25, -0.2) is 0 Å². The summed E-state index contributed by atoms with van der Waals surface area (Å²) in [5.74, 6) is 0.0154. The number of allylic oxidation sites excluding steroid dienone is 1. The second-order valence-corrected chi connectivity index (χ2v) is 2.79. The minimum atomic E-state index is -0.188. The predicted molar refractivity (Wildman–Crippen MR) is 46.7 cm³/mol. The first-order valence-corrected chi connectivity index (χ1v) is 4.04. The van der Waals surface area contributed by atoms with Crippen molar-refractivity contribution in [1.29, 1.82) is 0 Å². The van der Waals surface area contributed by atoms with E-state index in [0.717, 1.165) is 6.42 Å². The van der Waals surface area contributed by atoms with E-state index in [-0.39, 0.29) is 17.7 Å². The van der Waals surface area contributed by atoms with Gasteiger partial charge in [0, 0.05) is 0 Å². The van der Waals surface area contributed by atoms with Crippen LogP contribution in [-0.2, 0) is 4.79 Å². The lowest BCUT2D eigenvalue weighted by Gasteiger charge is -2.05. The zero-order valence-corrected chi connectivity index (χ0v) is 7.13. The molecule has 0 aromatic rings. The fourth-order valence-electron chi connectivity index (χ4n) is 1.28. The quantitative estimate of drug-likeness (QED) is 0.622. The molecule has 1 aliphatic rings. The van der Waals surface area contributed by atoms with Crippen molar-refractivity contribution in [3.8, 4) is 0 Å². The van der Waals surface area contributed by atoms with E-state index in [9.17, 15) is 9.90 Å². The van der Waals surface area contributed by atoms with Gasteiger partial charge >= 0.3 is 0 Å². The highest BCUT2D eigenvalue weighted by molar-refractivity contribution is 5.97. The van der Waals surface area contributed by atoms with E-state index in [1.807, 2.05) is 6.92 Å². The molecule has 66 valence electrons. The van der Waals surface area contributed by atoms with Crippen LogP contribution in [0.4, 0.5) is 0 Å². The third-order valence-electron chi connectivity index (χ3n) is 1.98. The van der Waals surface area contributed by atoms with E-state index in [0.29, 0.717) is 12.0 Å². The van der Waals surface area contributed by atoms with Crippen LogP contribution in [0.2, 0.25) is 0 Å². The smallest absolute Gasteiger partial charge is 0.251 e. The first kappa shape index (κ1) is 8.84. The van der Waals surface area contributed by atoms with Crippen LogP contribution in [0.5, 0.6) is 0 Å². The molecule has 3 heteroatoms. The molecular formula is C9H13NO2. The van der Waals surface area contributed by atoms with Crippen LogP contribution < -0.4 is 5.32 Å². The molecule has 2 N–H and O–H groups in total. The van der Waals surface area contributed by atoms with E-state index < -0.39 is 0 Å². The summed E-state index contributed by atoms with van der Waals surface area (Å²) in [6.07, 6.45) is 2.77. The SMILES string of the molecule is C=CCC1=C(O)C(CC)NC1=O. The Bertz CT molecular complexity index is 243. The van der Waals surface area contributed by atoms with Crippen LogP contribution in [0.1, 0.15) is 19.8 Å². The highest BCUT2D eigenvalue weighted by Gasteiger charge is 2.28. The average molecular weight is 167 g/mol. The van der Waals surface area contributed by atoms with Gasteiger partial charge in [-0.3, -0.25) is 4.79 Å². The summed E-state index contributed by atoms with van der Waals surface area (Å²) in [4.78, 5) is 11.2. The zero-order chi connectivity index (χ0) is 9.14. The van der Waals surface area contributed by atoms with E-state index in [1.165, 1.54) is 0 Å². The number of amides is 1. The Morgan fingerprint density at radius 1 is 1.75 bits per heavy atom. The van der Waals surface area contributed by atoms with Crippen molar-refractivity contribution in [2.24, 2.45) is 0 Å². The molecule has 1 aliphatic heterocycles. The van der Waals surface area contributed by atoms with Gasteiger partial charge in [0.2, 0.25) is 0 Å². The number of hydrogen-bond donors (Lipinski definition) is 2. The maximum absolute atomic E-state index is 11.2. The molecule has 0 spiro atoms. The molecule has 12 heavy (non-hydrogen) atoms. The Balaban J connectivity index is 2.84. The first-order chi connectivity index (χ1) is 5.70. The Hall–Kier alpha value is -1.25. The van der Waals surface area contributed by atoms with Crippen molar-refractivity contribution in [2.75, 3.05) is 0 Å². The lowest BCUT2D eigenvalue weighted by atomic mass is 10.1. The number of carbonyl (C=O) groups is 1. The van der Waals surface area contributed by atoms with Crippen molar-refractivity contribution >= 4 is 5.91 Å². The molecule has 0 saturated carbocycles. The molecule has 0 bridgehead atoms. The van der Waals surface area contributed by atoms with Gasteiger partial charge in [-0.15, -0.1) is 6.58 Å². The second kappa shape index (κ2) is 3.43. The molecule has 1 amide bonds.